The van der Waals surface area contributed by atoms with E-state index < -0.39 is 0 Å². The fraction of sp³-hybridized carbons (Fsp3) is 0.500. The zero-order chi connectivity index (χ0) is 20.6. The van der Waals surface area contributed by atoms with E-state index in [0.717, 1.165) is 45.4 Å². The maximum absolute atomic E-state index is 12.9. The van der Waals surface area contributed by atoms with Crippen molar-refractivity contribution in [2.45, 2.75) is 39.2 Å². The molecule has 1 aromatic carbocycles. The van der Waals surface area contributed by atoms with Crippen LogP contribution in [0.2, 0.25) is 5.02 Å². The molecule has 1 saturated heterocycles. The Bertz CT molecular complexity index is 791. The minimum absolute atomic E-state index is 0.204. The van der Waals surface area contributed by atoms with Gasteiger partial charge in [-0.3, -0.25) is 9.69 Å². The summed E-state index contributed by atoms with van der Waals surface area (Å²) in [5.74, 6) is 0.338. The molecule has 1 aliphatic rings. The third-order valence-corrected chi connectivity index (χ3v) is 5.75. The van der Waals surface area contributed by atoms with E-state index >= 15 is 0 Å². The Morgan fingerprint density at radius 1 is 1.21 bits per heavy atom. The molecule has 0 saturated carbocycles. The van der Waals surface area contributed by atoms with Gasteiger partial charge in [0.05, 0.1) is 11.2 Å². The Balaban J connectivity index is 1.69. The highest BCUT2D eigenvalue weighted by Crippen LogP contribution is 2.20. The van der Waals surface area contributed by atoms with Crippen LogP contribution >= 0.6 is 11.6 Å². The molecule has 0 spiro atoms. The Morgan fingerprint density at radius 3 is 2.55 bits per heavy atom. The van der Waals surface area contributed by atoms with Crippen LogP contribution in [0.5, 0.6) is 0 Å². The molecule has 0 radical (unpaired) electrons. The third-order valence-electron chi connectivity index (χ3n) is 5.48. The van der Waals surface area contributed by atoms with Gasteiger partial charge in [-0.15, -0.1) is 0 Å². The predicted octanol–water partition coefficient (Wildman–Crippen LogP) is 3.41. The Kier molecular flexibility index (Phi) is 7.83. The molecule has 1 fully saturated rings. The van der Waals surface area contributed by atoms with Gasteiger partial charge < -0.3 is 10.2 Å². The van der Waals surface area contributed by atoms with Crippen molar-refractivity contribution < 1.29 is 4.79 Å². The summed E-state index contributed by atoms with van der Waals surface area (Å²) in [6.45, 7) is 8.52. The fourth-order valence-electron chi connectivity index (χ4n) is 3.84. The van der Waals surface area contributed by atoms with Gasteiger partial charge in [0.2, 0.25) is 5.95 Å². The van der Waals surface area contributed by atoms with Crippen LogP contribution in [-0.4, -0.2) is 59.5 Å². The van der Waals surface area contributed by atoms with Crippen LogP contribution < -0.4 is 10.2 Å². The number of nitrogens with one attached hydrogen (secondary N) is 1. The summed E-state index contributed by atoms with van der Waals surface area (Å²) in [5, 5.41) is 3.34. The summed E-state index contributed by atoms with van der Waals surface area (Å²) in [6.07, 6.45) is 4.65. The minimum Gasteiger partial charge on any atom is -0.349 e. The van der Waals surface area contributed by atoms with Crippen molar-refractivity contribution >= 4 is 23.5 Å². The van der Waals surface area contributed by atoms with Crippen molar-refractivity contribution in [1.82, 2.24) is 20.2 Å². The van der Waals surface area contributed by atoms with Crippen LogP contribution in [0.25, 0.3) is 0 Å². The second kappa shape index (κ2) is 10.6. The van der Waals surface area contributed by atoms with Gasteiger partial charge in [0.15, 0.2) is 5.69 Å². The number of benzene rings is 1. The SMILES string of the molecule is CCN(CC)C(CNC(=O)c1nc(N2CCCC2)ncc1Cl)Cc1ccccc1. The van der Waals surface area contributed by atoms with E-state index in [2.05, 4.69) is 51.1 Å². The van der Waals surface area contributed by atoms with E-state index in [0.29, 0.717) is 12.5 Å². The number of aromatic nitrogens is 2. The van der Waals surface area contributed by atoms with Crippen molar-refractivity contribution in [3.8, 4) is 0 Å². The first-order valence-electron chi connectivity index (χ1n) is 10.5. The van der Waals surface area contributed by atoms with Crippen LogP contribution in [-0.2, 0) is 6.42 Å². The van der Waals surface area contributed by atoms with Gasteiger partial charge in [0, 0.05) is 25.7 Å². The van der Waals surface area contributed by atoms with Gasteiger partial charge in [-0.2, -0.15) is 0 Å². The lowest BCUT2D eigenvalue weighted by Gasteiger charge is -2.30. The first-order chi connectivity index (χ1) is 14.1. The number of carbonyl (C=O) groups is 1. The van der Waals surface area contributed by atoms with Crippen molar-refractivity contribution in [2.75, 3.05) is 37.6 Å². The second-order valence-corrected chi connectivity index (χ2v) is 7.74. The van der Waals surface area contributed by atoms with Crippen molar-refractivity contribution in [2.24, 2.45) is 0 Å². The van der Waals surface area contributed by atoms with Crippen molar-refractivity contribution in [1.29, 1.82) is 0 Å². The maximum Gasteiger partial charge on any atom is 0.271 e. The molecule has 156 valence electrons. The zero-order valence-electron chi connectivity index (χ0n) is 17.3. The first kappa shape index (κ1) is 21.5. The largest absolute Gasteiger partial charge is 0.349 e. The number of hydrogen-bond donors (Lipinski definition) is 1. The molecule has 2 aromatic rings. The molecule has 6 nitrogen and oxygen atoms in total. The molecule has 0 bridgehead atoms. The Labute approximate surface area is 178 Å². The number of anilines is 1. The van der Waals surface area contributed by atoms with Crippen LogP contribution in [0.1, 0.15) is 42.7 Å². The van der Waals surface area contributed by atoms with Crippen LogP contribution in [0.3, 0.4) is 0 Å². The molecular formula is C22H30ClN5O. The molecule has 29 heavy (non-hydrogen) atoms. The van der Waals surface area contributed by atoms with Gasteiger partial charge in [-0.05, 0) is 37.9 Å². The molecule has 7 heteroatoms. The predicted molar refractivity (Wildman–Crippen MR) is 118 cm³/mol. The molecule has 1 amide bonds. The van der Waals surface area contributed by atoms with E-state index in [1.165, 1.54) is 11.8 Å². The van der Waals surface area contributed by atoms with Crippen LogP contribution in [0.4, 0.5) is 5.95 Å². The fourth-order valence-corrected chi connectivity index (χ4v) is 4.01. The summed E-state index contributed by atoms with van der Waals surface area (Å²) in [4.78, 5) is 26.1. The van der Waals surface area contributed by atoms with E-state index in [1.807, 2.05) is 18.2 Å². The molecule has 1 atom stereocenters. The zero-order valence-corrected chi connectivity index (χ0v) is 18.0. The minimum atomic E-state index is -0.247. The first-order valence-corrected chi connectivity index (χ1v) is 10.8. The molecule has 2 heterocycles. The normalized spacial score (nSPS) is 15.0. The van der Waals surface area contributed by atoms with Gasteiger partial charge >= 0.3 is 0 Å². The number of amides is 1. The van der Waals surface area contributed by atoms with E-state index in [9.17, 15) is 4.79 Å². The summed E-state index contributed by atoms with van der Waals surface area (Å²) in [5.41, 5.74) is 1.51. The molecule has 1 aliphatic heterocycles. The monoisotopic (exact) mass is 415 g/mol. The maximum atomic E-state index is 12.9. The van der Waals surface area contributed by atoms with Gasteiger partial charge in [0.25, 0.3) is 5.91 Å². The lowest BCUT2D eigenvalue weighted by molar-refractivity contribution is 0.0929. The number of rotatable bonds is 9. The molecule has 1 unspecified atom stereocenters. The Hall–Kier alpha value is -2.18. The quantitative estimate of drug-likeness (QED) is 0.680. The number of nitrogens with zero attached hydrogens (tertiary/aromatic N) is 4. The average molecular weight is 416 g/mol. The number of hydrogen-bond acceptors (Lipinski definition) is 5. The van der Waals surface area contributed by atoms with Gasteiger partial charge in [-0.1, -0.05) is 55.8 Å². The van der Waals surface area contributed by atoms with Crippen molar-refractivity contribution in [3.05, 3.63) is 52.8 Å². The summed E-state index contributed by atoms with van der Waals surface area (Å²) < 4.78 is 0. The summed E-state index contributed by atoms with van der Waals surface area (Å²) in [6, 6.07) is 10.6. The number of carbonyl (C=O) groups excluding carboxylic acids is 1. The summed E-state index contributed by atoms with van der Waals surface area (Å²) in [7, 11) is 0. The molecule has 3 rings (SSSR count). The topological polar surface area (TPSA) is 61.4 Å². The van der Waals surface area contributed by atoms with Gasteiger partial charge in [0.1, 0.15) is 0 Å². The molecule has 0 aliphatic carbocycles. The van der Waals surface area contributed by atoms with E-state index in [1.54, 1.807) is 0 Å². The molecule has 1 aromatic heterocycles. The van der Waals surface area contributed by atoms with E-state index in [-0.39, 0.29) is 22.7 Å². The van der Waals surface area contributed by atoms with Crippen molar-refractivity contribution in [3.63, 3.8) is 0 Å². The highest BCUT2D eigenvalue weighted by atomic mass is 35.5. The smallest absolute Gasteiger partial charge is 0.271 e. The highest BCUT2D eigenvalue weighted by molar-refractivity contribution is 6.33. The van der Waals surface area contributed by atoms with Crippen LogP contribution in [0.15, 0.2) is 36.5 Å². The van der Waals surface area contributed by atoms with Crippen LogP contribution in [0, 0.1) is 0 Å². The number of halogens is 1. The lowest BCUT2D eigenvalue weighted by atomic mass is 10.0. The third kappa shape index (κ3) is 5.67. The standard InChI is InChI=1S/C22H30ClN5O/c1-3-27(4-2)18(14-17-10-6-5-7-11-17)15-24-21(29)20-19(23)16-25-22(26-20)28-12-8-9-13-28/h5-7,10-11,16,18H,3-4,8-9,12-15H2,1-2H3,(H,24,29). The number of likely N-dealkylation sites (N-methyl/N-ethyl adjacent to an activating group) is 1. The molecular weight excluding hydrogens is 386 g/mol. The highest BCUT2D eigenvalue weighted by Gasteiger charge is 2.22. The second-order valence-electron chi connectivity index (χ2n) is 7.34. The van der Waals surface area contributed by atoms with Gasteiger partial charge in [-0.25, -0.2) is 9.97 Å². The molecule has 1 N–H and O–H groups in total. The van der Waals surface area contributed by atoms with E-state index in [4.69, 9.17) is 11.6 Å². The summed E-state index contributed by atoms with van der Waals surface area (Å²) >= 11 is 6.25. The average Bonchev–Trinajstić information content (AvgIpc) is 3.28. The Morgan fingerprint density at radius 2 is 1.90 bits per heavy atom. The lowest BCUT2D eigenvalue weighted by Crippen LogP contribution is -2.45.